The Balaban J connectivity index is 3.09. The molecule has 2 nitrogen and oxygen atoms in total. The van der Waals surface area contributed by atoms with E-state index in [9.17, 15) is 4.79 Å². The summed E-state index contributed by atoms with van der Waals surface area (Å²) in [4.78, 5) is 10.7. The largest absolute Gasteiger partial charge is 0.481 e. The summed E-state index contributed by atoms with van der Waals surface area (Å²) in [5, 5.41) is 10.9. The summed E-state index contributed by atoms with van der Waals surface area (Å²) in [6.45, 7) is 3.96. The number of carboxylic acid groups (broad SMARTS) is 1. The molecule has 82 valence electrons. The maximum absolute atomic E-state index is 10.7. The third-order valence-electron chi connectivity index (χ3n) is 2.25. The van der Waals surface area contributed by atoms with Gasteiger partial charge in [0, 0.05) is 16.1 Å². The molecule has 0 spiro atoms. The zero-order valence-corrected chi connectivity index (χ0v) is 11.1. The van der Waals surface area contributed by atoms with Gasteiger partial charge >= 0.3 is 5.97 Å². The number of benzene rings is 1. The van der Waals surface area contributed by atoms with Crippen LogP contribution in [-0.2, 0) is 4.79 Å². The number of rotatable bonds is 3. The van der Waals surface area contributed by atoms with Gasteiger partial charge in [-0.2, -0.15) is 0 Å². The van der Waals surface area contributed by atoms with Crippen LogP contribution >= 0.6 is 23.2 Å². The number of carbonyl (C=O) groups is 1. The van der Waals surface area contributed by atoms with Crippen molar-refractivity contribution in [2.45, 2.75) is 19.1 Å². The van der Waals surface area contributed by atoms with Gasteiger partial charge in [-0.3, -0.25) is 4.79 Å². The molecule has 0 aliphatic carbocycles. The number of aliphatic carboxylic acids is 1. The zero-order valence-electron chi connectivity index (χ0n) is 8.55. The molecule has 15 heavy (non-hydrogen) atoms. The molecule has 0 heterocycles. The van der Waals surface area contributed by atoms with Gasteiger partial charge in [0.05, 0.1) is 8.07 Å². The van der Waals surface area contributed by atoms with Gasteiger partial charge in [-0.25, -0.2) is 0 Å². The average molecular weight is 263 g/mol. The summed E-state index contributed by atoms with van der Waals surface area (Å²) in [7, 11) is -2.00. The molecule has 5 heteroatoms. The van der Waals surface area contributed by atoms with Gasteiger partial charge in [-0.05, 0) is 17.3 Å². The SMILES string of the molecule is C[Si](C)(CC(=O)O)c1ccc(Cl)cc1Cl. The fourth-order valence-electron chi connectivity index (χ4n) is 1.51. The molecule has 0 aliphatic rings. The van der Waals surface area contributed by atoms with E-state index < -0.39 is 14.0 Å². The van der Waals surface area contributed by atoms with Crippen molar-refractivity contribution in [1.82, 2.24) is 0 Å². The van der Waals surface area contributed by atoms with Crippen LogP contribution in [0.1, 0.15) is 0 Å². The Morgan fingerprint density at radius 1 is 1.40 bits per heavy atom. The average Bonchev–Trinajstić information content (AvgIpc) is 1.99. The van der Waals surface area contributed by atoms with Gasteiger partial charge in [0.15, 0.2) is 0 Å². The summed E-state index contributed by atoms with van der Waals surface area (Å²) in [5.41, 5.74) is 0. The molecule has 1 aromatic rings. The van der Waals surface area contributed by atoms with Crippen molar-refractivity contribution in [3.8, 4) is 0 Å². The maximum Gasteiger partial charge on any atom is 0.300 e. The molecule has 1 rings (SSSR count). The Labute approximate surface area is 99.8 Å². The highest BCUT2D eigenvalue weighted by molar-refractivity contribution is 6.93. The Morgan fingerprint density at radius 2 is 2.00 bits per heavy atom. The highest BCUT2D eigenvalue weighted by Crippen LogP contribution is 2.19. The molecule has 0 radical (unpaired) electrons. The molecular formula is C10H12Cl2O2Si. The lowest BCUT2D eigenvalue weighted by Crippen LogP contribution is -2.43. The van der Waals surface area contributed by atoms with Crippen LogP contribution in [0.4, 0.5) is 0 Å². The molecule has 0 fully saturated rings. The highest BCUT2D eigenvalue weighted by atomic mass is 35.5. The fourth-order valence-corrected chi connectivity index (χ4v) is 4.89. The van der Waals surface area contributed by atoms with E-state index >= 15 is 0 Å². The van der Waals surface area contributed by atoms with Gasteiger partial charge < -0.3 is 5.11 Å². The summed E-state index contributed by atoms with van der Waals surface area (Å²) < 4.78 is 0. The number of hydrogen-bond donors (Lipinski definition) is 1. The molecular weight excluding hydrogens is 251 g/mol. The minimum Gasteiger partial charge on any atom is -0.481 e. The summed E-state index contributed by atoms with van der Waals surface area (Å²) in [5.74, 6) is -0.780. The molecule has 0 aliphatic heterocycles. The highest BCUT2D eigenvalue weighted by Gasteiger charge is 2.28. The van der Waals surface area contributed by atoms with Crippen LogP contribution in [0.3, 0.4) is 0 Å². The Hall–Kier alpha value is -0.513. The lowest BCUT2D eigenvalue weighted by atomic mass is 10.4. The monoisotopic (exact) mass is 262 g/mol. The van der Waals surface area contributed by atoms with Crippen molar-refractivity contribution in [1.29, 1.82) is 0 Å². The molecule has 0 amide bonds. The predicted octanol–water partition coefficient (Wildman–Crippen LogP) is 2.99. The topological polar surface area (TPSA) is 37.3 Å². The van der Waals surface area contributed by atoms with E-state index in [2.05, 4.69) is 0 Å². The van der Waals surface area contributed by atoms with E-state index in [0.717, 1.165) is 5.19 Å². The van der Waals surface area contributed by atoms with Crippen LogP contribution in [0.5, 0.6) is 0 Å². The van der Waals surface area contributed by atoms with E-state index in [-0.39, 0.29) is 6.04 Å². The van der Waals surface area contributed by atoms with Crippen molar-refractivity contribution in [2.24, 2.45) is 0 Å². The standard InChI is InChI=1S/C10H12Cl2O2Si/c1-15(2,6-10(13)14)9-4-3-7(11)5-8(9)12/h3-5H,6H2,1-2H3,(H,13,14). The second-order valence-corrected chi connectivity index (χ2v) is 9.58. The Bertz CT molecular complexity index is 391. The predicted molar refractivity (Wildman–Crippen MR) is 66.0 cm³/mol. The fraction of sp³-hybridized carbons (Fsp3) is 0.300. The molecule has 1 N–H and O–H groups in total. The molecule has 0 aromatic heterocycles. The molecule has 1 aromatic carbocycles. The van der Waals surface area contributed by atoms with Crippen LogP contribution in [-0.4, -0.2) is 19.1 Å². The van der Waals surface area contributed by atoms with E-state index in [4.69, 9.17) is 28.3 Å². The quantitative estimate of drug-likeness (QED) is 0.851. The first-order valence-electron chi connectivity index (χ1n) is 4.50. The van der Waals surface area contributed by atoms with E-state index in [1.165, 1.54) is 0 Å². The van der Waals surface area contributed by atoms with Gasteiger partial charge in [-0.15, -0.1) is 0 Å². The van der Waals surface area contributed by atoms with Crippen molar-refractivity contribution in [3.05, 3.63) is 28.2 Å². The van der Waals surface area contributed by atoms with E-state index in [1.807, 2.05) is 19.2 Å². The molecule has 0 atom stereocenters. The minimum atomic E-state index is -2.00. The number of carboxylic acids is 1. The van der Waals surface area contributed by atoms with Crippen molar-refractivity contribution < 1.29 is 9.90 Å². The molecule has 0 saturated carbocycles. The van der Waals surface area contributed by atoms with Crippen LogP contribution in [0.15, 0.2) is 18.2 Å². The first-order valence-corrected chi connectivity index (χ1v) is 8.46. The molecule has 0 unspecified atom stereocenters. The molecule has 0 bridgehead atoms. The Morgan fingerprint density at radius 3 is 2.47 bits per heavy atom. The van der Waals surface area contributed by atoms with Gasteiger partial charge in [0.2, 0.25) is 0 Å². The third kappa shape index (κ3) is 3.23. The number of hydrogen-bond acceptors (Lipinski definition) is 1. The van der Waals surface area contributed by atoms with Gasteiger partial charge in [-0.1, -0.05) is 42.4 Å². The third-order valence-corrected chi connectivity index (χ3v) is 6.04. The maximum atomic E-state index is 10.7. The van der Waals surface area contributed by atoms with E-state index in [1.54, 1.807) is 12.1 Å². The number of halogens is 2. The van der Waals surface area contributed by atoms with Crippen LogP contribution in [0.2, 0.25) is 29.2 Å². The van der Waals surface area contributed by atoms with Gasteiger partial charge in [0.1, 0.15) is 0 Å². The van der Waals surface area contributed by atoms with E-state index in [0.29, 0.717) is 10.0 Å². The zero-order chi connectivity index (χ0) is 11.6. The first kappa shape index (κ1) is 12.6. The van der Waals surface area contributed by atoms with Crippen molar-refractivity contribution >= 4 is 42.4 Å². The Kier molecular flexibility index (Phi) is 3.81. The molecule has 0 saturated heterocycles. The normalized spacial score (nSPS) is 11.5. The lowest BCUT2D eigenvalue weighted by molar-refractivity contribution is -0.134. The lowest BCUT2D eigenvalue weighted by Gasteiger charge is -2.21. The minimum absolute atomic E-state index is 0.175. The smallest absolute Gasteiger partial charge is 0.300 e. The van der Waals surface area contributed by atoms with Crippen LogP contribution in [0.25, 0.3) is 0 Å². The van der Waals surface area contributed by atoms with Crippen LogP contribution in [0, 0.1) is 0 Å². The van der Waals surface area contributed by atoms with Crippen molar-refractivity contribution in [3.63, 3.8) is 0 Å². The second-order valence-electron chi connectivity index (χ2n) is 4.08. The summed E-state index contributed by atoms with van der Waals surface area (Å²) >= 11 is 11.8. The van der Waals surface area contributed by atoms with Crippen LogP contribution < -0.4 is 5.19 Å². The van der Waals surface area contributed by atoms with Crippen molar-refractivity contribution in [2.75, 3.05) is 0 Å². The second kappa shape index (κ2) is 4.55. The van der Waals surface area contributed by atoms with Gasteiger partial charge in [0.25, 0.3) is 0 Å². The first-order chi connectivity index (χ1) is 6.83. The summed E-state index contributed by atoms with van der Waals surface area (Å²) in [6, 6.07) is 5.42. The summed E-state index contributed by atoms with van der Waals surface area (Å²) in [6.07, 6.45) is 0.